The molecule has 7 heteroatoms. The summed E-state index contributed by atoms with van der Waals surface area (Å²) in [4.78, 5) is 12.9. The summed E-state index contributed by atoms with van der Waals surface area (Å²) in [5.74, 6) is 0.472. The predicted molar refractivity (Wildman–Crippen MR) is 93.1 cm³/mol. The van der Waals surface area contributed by atoms with E-state index < -0.39 is 0 Å². The zero-order valence-corrected chi connectivity index (χ0v) is 13.5. The van der Waals surface area contributed by atoms with Crippen molar-refractivity contribution in [1.82, 2.24) is 14.9 Å². The molecule has 0 bridgehead atoms. The Morgan fingerprint density at radius 3 is 2.70 bits per heavy atom. The Kier molecular flexibility index (Phi) is 4.97. The summed E-state index contributed by atoms with van der Waals surface area (Å²) < 4.78 is 13.2. The number of aromatic nitrogens is 2. The van der Waals surface area contributed by atoms with Gasteiger partial charge in [-0.15, -0.1) is 0 Å². The third-order valence-corrected chi connectivity index (χ3v) is 4.05. The lowest BCUT2D eigenvalue weighted by molar-refractivity contribution is 0.454. The minimum atomic E-state index is -0.277. The highest BCUT2D eigenvalue weighted by Gasteiger charge is 2.18. The summed E-state index contributed by atoms with van der Waals surface area (Å²) in [5.41, 5.74) is 0.669. The Balaban J connectivity index is 1.60. The lowest BCUT2D eigenvalue weighted by Gasteiger charge is -2.24. The highest BCUT2D eigenvalue weighted by atomic mass is 32.1. The van der Waals surface area contributed by atoms with E-state index in [0.29, 0.717) is 10.8 Å². The molecular weight excluding hydrogens is 313 g/mol. The van der Waals surface area contributed by atoms with Gasteiger partial charge in [0, 0.05) is 44.3 Å². The molecular formula is C16H18FN5S. The second-order valence-electron chi connectivity index (χ2n) is 5.32. The van der Waals surface area contributed by atoms with E-state index in [1.165, 1.54) is 12.1 Å². The number of halogens is 1. The van der Waals surface area contributed by atoms with Gasteiger partial charge in [-0.05, 0) is 42.9 Å². The smallest absolute Gasteiger partial charge is 0.225 e. The number of anilines is 2. The van der Waals surface area contributed by atoms with Crippen LogP contribution < -0.4 is 10.2 Å². The van der Waals surface area contributed by atoms with Crippen molar-refractivity contribution in [3.05, 3.63) is 48.5 Å². The lowest BCUT2D eigenvalue weighted by Crippen LogP contribution is -2.38. The molecule has 5 nitrogen and oxygen atoms in total. The molecule has 0 saturated carbocycles. The molecule has 1 saturated heterocycles. The number of thiocarbonyl (C=S) groups is 1. The van der Waals surface area contributed by atoms with Crippen LogP contribution in [0.5, 0.6) is 0 Å². The van der Waals surface area contributed by atoms with Gasteiger partial charge in [0.1, 0.15) is 5.82 Å². The van der Waals surface area contributed by atoms with Crippen LogP contribution in [0.4, 0.5) is 16.0 Å². The Bertz CT molecular complexity index is 667. The fourth-order valence-electron chi connectivity index (χ4n) is 2.54. The Hall–Kier alpha value is -2.28. The van der Waals surface area contributed by atoms with Crippen molar-refractivity contribution in [3.63, 3.8) is 0 Å². The van der Waals surface area contributed by atoms with Crippen molar-refractivity contribution in [2.45, 2.75) is 6.42 Å². The normalized spacial score (nSPS) is 15.2. The minimum Gasteiger partial charge on any atom is -0.347 e. The van der Waals surface area contributed by atoms with Crippen LogP contribution in [-0.4, -0.2) is 46.2 Å². The quantitative estimate of drug-likeness (QED) is 0.853. The van der Waals surface area contributed by atoms with Crippen molar-refractivity contribution < 1.29 is 4.39 Å². The van der Waals surface area contributed by atoms with Crippen LogP contribution in [0.2, 0.25) is 0 Å². The van der Waals surface area contributed by atoms with Crippen molar-refractivity contribution in [3.8, 4) is 0 Å². The molecule has 1 aliphatic heterocycles. The Morgan fingerprint density at radius 1 is 1.09 bits per heavy atom. The van der Waals surface area contributed by atoms with Crippen LogP contribution in [0.25, 0.3) is 0 Å². The van der Waals surface area contributed by atoms with Gasteiger partial charge in [0.05, 0.1) is 0 Å². The van der Waals surface area contributed by atoms with Gasteiger partial charge < -0.3 is 15.1 Å². The molecule has 120 valence electrons. The number of nitrogens with one attached hydrogen (secondary N) is 1. The van der Waals surface area contributed by atoms with E-state index in [0.717, 1.165) is 38.5 Å². The fraction of sp³-hybridized carbons (Fsp3) is 0.312. The summed E-state index contributed by atoms with van der Waals surface area (Å²) in [5, 5.41) is 3.72. The third-order valence-electron chi connectivity index (χ3n) is 3.69. The first kappa shape index (κ1) is 15.6. The average Bonchev–Trinajstić information content (AvgIpc) is 2.82. The topological polar surface area (TPSA) is 44.3 Å². The fourth-order valence-corrected chi connectivity index (χ4v) is 2.84. The molecule has 0 radical (unpaired) electrons. The van der Waals surface area contributed by atoms with Crippen LogP contribution in [0.15, 0.2) is 42.7 Å². The molecule has 0 spiro atoms. The van der Waals surface area contributed by atoms with E-state index >= 15 is 0 Å². The van der Waals surface area contributed by atoms with Crippen LogP contribution in [0, 0.1) is 5.82 Å². The molecule has 0 amide bonds. The average molecular weight is 331 g/mol. The highest BCUT2D eigenvalue weighted by Crippen LogP contribution is 2.13. The maximum Gasteiger partial charge on any atom is 0.225 e. The summed E-state index contributed by atoms with van der Waals surface area (Å²) in [6, 6.07) is 8.13. The van der Waals surface area contributed by atoms with E-state index in [1.54, 1.807) is 24.5 Å². The van der Waals surface area contributed by atoms with Crippen molar-refractivity contribution in [1.29, 1.82) is 0 Å². The number of hydrogen-bond donors (Lipinski definition) is 1. The molecule has 23 heavy (non-hydrogen) atoms. The van der Waals surface area contributed by atoms with E-state index in [2.05, 4.69) is 25.1 Å². The van der Waals surface area contributed by atoms with Crippen molar-refractivity contribution in [2.75, 3.05) is 36.4 Å². The molecule has 0 aliphatic carbocycles. The monoisotopic (exact) mass is 331 g/mol. The summed E-state index contributed by atoms with van der Waals surface area (Å²) >= 11 is 5.46. The van der Waals surface area contributed by atoms with Gasteiger partial charge in [-0.25, -0.2) is 14.4 Å². The van der Waals surface area contributed by atoms with Crippen molar-refractivity contribution in [2.24, 2.45) is 0 Å². The van der Waals surface area contributed by atoms with Crippen LogP contribution >= 0.6 is 12.2 Å². The highest BCUT2D eigenvalue weighted by molar-refractivity contribution is 7.80. The van der Waals surface area contributed by atoms with Crippen LogP contribution in [0.3, 0.4) is 0 Å². The third kappa shape index (κ3) is 4.13. The maximum absolute atomic E-state index is 13.2. The zero-order valence-electron chi connectivity index (χ0n) is 12.7. The first-order chi connectivity index (χ1) is 11.2. The number of rotatable bonds is 2. The SMILES string of the molecule is Fc1cccc(NC(=S)N2CCCN(c3ncccn3)CC2)c1. The molecule has 2 aromatic rings. The molecule has 0 atom stereocenters. The first-order valence-electron chi connectivity index (χ1n) is 7.56. The van der Waals surface area contributed by atoms with Gasteiger partial charge >= 0.3 is 0 Å². The molecule has 1 aliphatic rings. The molecule has 1 N–H and O–H groups in total. The van der Waals surface area contributed by atoms with E-state index in [1.807, 2.05) is 6.07 Å². The summed E-state index contributed by atoms with van der Waals surface area (Å²) in [6.45, 7) is 3.32. The van der Waals surface area contributed by atoms with Gasteiger partial charge in [-0.2, -0.15) is 0 Å². The molecule has 3 rings (SSSR count). The molecule has 0 unspecified atom stereocenters. The maximum atomic E-state index is 13.2. The molecule has 1 fully saturated rings. The van der Waals surface area contributed by atoms with Crippen LogP contribution in [-0.2, 0) is 0 Å². The van der Waals surface area contributed by atoms with Gasteiger partial charge in [0.2, 0.25) is 5.95 Å². The van der Waals surface area contributed by atoms with Gasteiger partial charge in [-0.3, -0.25) is 0 Å². The van der Waals surface area contributed by atoms with Crippen LogP contribution in [0.1, 0.15) is 6.42 Å². The van der Waals surface area contributed by atoms with E-state index in [4.69, 9.17) is 12.2 Å². The Labute approximate surface area is 140 Å². The Morgan fingerprint density at radius 2 is 1.91 bits per heavy atom. The lowest BCUT2D eigenvalue weighted by atomic mass is 10.3. The minimum absolute atomic E-state index is 0.277. The molecule has 1 aromatic carbocycles. The van der Waals surface area contributed by atoms with E-state index in [9.17, 15) is 4.39 Å². The number of nitrogens with zero attached hydrogens (tertiary/aromatic N) is 4. The molecule has 1 aromatic heterocycles. The van der Waals surface area contributed by atoms with Gasteiger partial charge in [-0.1, -0.05) is 6.07 Å². The number of hydrogen-bond acceptors (Lipinski definition) is 4. The summed E-state index contributed by atoms with van der Waals surface area (Å²) in [7, 11) is 0. The van der Waals surface area contributed by atoms with Crippen molar-refractivity contribution >= 4 is 29.0 Å². The number of benzene rings is 1. The second kappa shape index (κ2) is 7.32. The van der Waals surface area contributed by atoms with Gasteiger partial charge in [0.15, 0.2) is 5.11 Å². The van der Waals surface area contributed by atoms with Gasteiger partial charge in [0.25, 0.3) is 0 Å². The zero-order chi connectivity index (χ0) is 16.1. The predicted octanol–water partition coefficient (Wildman–Crippen LogP) is 2.52. The molecule has 2 heterocycles. The second-order valence-corrected chi connectivity index (χ2v) is 5.70. The first-order valence-corrected chi connectivity index (χ1v) is 7.97. The standard InChI is InChI=1S/C16H18FN5S/c17-13-4-1-5-14(12-13)20-16(23)22-9-3-8-21(10-11-22)15-18-6-2-7-19-15/h1-2,4-7,12H,3,8-11H2,(H,20,23). The van der Waals surface area contributed by atoms with E-state index in [-0.39, 0.29) is 5.82 Å². The summed E-state index contributed by atoms with van der Waals surface area (Å²) in [6.07, 6.45) is 4.46. The largest absolute Gasteiger partial charge is 0.347 e.